The number of carboxylic acid groups (broad SMARTS) is 1. The molecular weight excluding hydrogens is 348 g/mol. The molecule has 0 atom stereocenters. The van der Waals surface area contributed by atoms with E-state index in [4.69, 9.17) is 4.74 Å². The van der Waals surface area contributed by atoms with Gasteiger partial charge in [0.25, 0.3) is 5.91 Å². The normalized spacial score (nSPS) is 18.9. The summed E-state index contributed by atoms with van der Waals surface area (Å²) < 4.78 is 5.29. The molecule has 0 aromatic heterocycles. The minimum absolute atomic E-state index is 0.0383. The Labute approximate surface area is 158 Å². The first-order valence-corrected chi connectivity index (χ1v) is 9.43. The van der Waals surface area contributed by atoms with Gasteiger partial charge in [-0.05, 0) is 37.5 Å². The fourth-order valence-electron chi connectivity index (χ4n) is 3.96. The van der Waals surface area contributed by atoms with Crippen molar-refractivity contribution in [2.75, 3.05) is 31.6 Å². The number of morpholine rings is 1. The third-order valence-electron chi connectivity index (χ3n) is 5.65. The third kappa shape index (κ3) is 4.13. The number of nitrogens with zero attached hydrogens (tertiary/aromatic N) is 1. The number of carbonyl (C=O) groups is 3. The van der Waals surface area contributed by atoms with Crippen LogP contribution < -0.4 is 5.32 Å². The van der Waals surface area contributed by atoms with Crippen LogP contribution in [0.25, 0.3) is 0 Å². The van der Waals surface area contributed by atoms with Gasteiger partial charge in [0.2, 0.25) is 5.91 Å². The van der Waals surface area contributed by atoms with Crippen LogP contribution in [0.4, 0.5) is 5.69 Å². The van der Waals surface area contributed by atoms with Crippen LogP contribution in [0.5, 0.6) is 0 Å². The van der Waals surface area contributed by atoms with Gasteiger partial charge in [0.15, 0.2) is 0 Å². The number of aliphatic carboxylic acids is 1. The summed E-state index contributed by atoms with van der Waals surface area (Å²) in [6.45, 7) is 3.95. The lowest BCUT2D eigenvalue weighted by Gasteiger charge is -2.28. The Bertz CT molecular complexity index is 734. The highest BCUT2D eigenvalue weighted by atomic mass is 16.5. The Morgan fingerprint density at radius 3 is 2.48 bits per heavy atom. The molecule has 2 fully saturated rings. The first-order valence-electron chi connectivity index (χ1n) is 9.43. The molecule has 7 nitrogen and oxygen atoms in total. The average molecular weight is 374 g/mol. The molecule has 1 aromatic rings. The van der Waals surface area contributed by atoms with Crippen LogP contribution >= 0.6 is 0 Å². The van der Waals surface area contributed by atoms with Crippen molar-refractivity contribution in [3.05, 3.63) is 29.3 Å². The zero-order valence-electron chi connectivity index (χ0n) is 15.6. The van der Waals surface area contributed by atoms with Crippen LogP contribution in [0.2, 0.25) is 0 Å². The van der Waals surface area contributed by atoms with Crippen molar-refractivity contribution < 1.29 is 24.2 Å². The second-order valence-electron chi connectivity index (χ2n) is 7.40. The third-order valence-corrected chi connectivity index (χ3v) is 5.65. The summed E-state index contributed by atoms with van der Waals surface area (Å²) in [5, 5.41) is 12.4. The smallest absolute Gasteiger partial charge is 0.310 e. The number of carbonyl (C=O) groups excluding carboxylic acids is 2. The molecule has 2 amide bonds. The first kappa shape index (κ1) is 19.4. The number of ether oxygens (including phenoxy) is 1. The van der Waals surface area contributed by atoms with Gasteiger partial charge in [-0.2, -0.15) is 0 Å². The van der Waals surface area contributed by atoms with E-state index in [1.54, 1.807) is 30.0 Å². The highest BCUT2D eigenvalue weighted by Gasteiger charge is 2.43. The molecule has 0 bridgehead atoms. The fraction of sp³-hybridized carbons (Fsp3) is 0.550. The number of anilines is 1. The molecule has 2 N–H and O–H groups in total. The standard InChI is InChI=1S/C20H26N2O5/c1-14-15(18(24)22-9-11-27-12-10-22)5-4-6-16(14)21-17(23)13-20(19(25)26)7-2-3-8-20/h4-6H,2-3,7-13H2,1H3,(H,21,23)(H,25,26). The summed E-state index contributed by atoms with van der Waals surface area (Å²) >= 11 is 0. The van der Waals surface area contributed by atoms with Gasteiger partial charge in [-0.25, -0.2) is 0 Å². The summed E-state index contributed by atoms with van der Waals surface area (Å²) in [7, 11) is 0. The van der Waals surface area contributed by atoms with Crippen molar-refractivity contribution in [2.45, 2.75) is 39.0 Å². The molecular formula is C20H26N2O5. The zero-order chi connectivity index (χ0) is 19.4. The van der Waals surface area contributed by atoms with E-state index >= 15 is 0 Å². The molecule has 1 aliphatic heterocycles. The maximum atomic E-state index is 12.8. The van der Waals surface area contributed by atoms with Crippen LogP contribution in [0.15, 0.2) is 18.2 Å². The van der Waals surface area contributed by atoms with Gasteiger partial charge >= 0.3 is 5.97 Å². The molecule has 7 heteroatoms. The Morgan fingerprint density at radius 2 is 1.85 bits per heavy atom. The number of carboxylic acids is 1. The highest BCUT2D eigenvalue weighted by molar-refractivity contribution is 6.00. The van der Waals surface area contributed by atoms with Crippen LogP contribution in [-0.4, -0.2) is 54.1 Å². The molecule has 0 unspecified atom stereocenters. The van der Waals surface area contributed by atoms with Crippen molar-refractivity contribution in [3.63, 3.8) is 0 Å². The number of hydrogen-bond donors (Lipinski definition) is 2. The number of nitrogens with one attached hydrogen (secondary N) is 1. The minimum atomic E-state index is -0.959. The molecule has 0 spiro atoms. The largest absolute Gasteiger partial charge is 0.481 e. The van der Waals surface area contributed by atoms with E-state index in [2.05, 4.69) is 5.32 Å². The Kier molecular flexibility index (Phi) is 5.79. The molecule has 1 saturated carbocycles. The summed E-state index contributed by atoms with van der Waals surface area (Å²) in [4.78, 5) is 38.7. The summed E-state index contributed by atoms with van der Waals surface area (Å²) in [5.41, 5.74) is 0.832. The first-order chi connectivity index (χ1) is 12.9. The molecule has 146 valence electrons. The monoisotopic (exact) mass is 374 g/mol. The van der Waals surface area contributed by atoms with Gasteiger partial charge in [0.1, 0.15) is 0 Å². The number of rotatable bonds is 5. The van der Waals surface area contributed by atoms with Crippen molar-refractivity contribution in [1.82, 2.24) is 4.90 Å². The molecule has 1 saturated heterocycles. The van der Waals surface area contributed by atoms with Gasteiger partial charge in [-0.1, -0.05) is 18.9 Å². The lowest BCUT2D eigenvalue weighted by Crippen LogP contribution is -2.41. The molecule has 3 rings (SSSR count). The summed E-state index contributed by atoms with van der Waals surface area (Å²) in [5.74, 6) is -1.30. The predicted molar refractivity (Wildman–Crippen MR) is 99.7 cm³/mol. The van der Waals surface area contributed by atoms with E-state index in [1.165, 1.54) is 0 Å². The van der Waals surface area contributed by atoms with E-state index in [9.17, 15) is 19.5 Å². The van der Waals surface area contributed by atoms with Crippen LogP contribution in [0.1, 0.15) is 48.0 Å². The second-order valence-corrected chi connectivity index (χ2v) is 7.40. The molecule has 0 radical (unpaired) electrons. The average Bonchev–Trinajstić information content (AvgIpc) is 3.13. The number of hydrogen-bond acceptors (Lipinski definition) is 4. The molecule has 1 aliphatic carbocycles. The van der Waals surface area contributed by atoms with Crippen molar-refractivity contribution in [2.24, 2.45) is 5.41 Å². The maximum absolute atomic E-state index is 12.8. The quantitative estimate of drug-likeness (QED) is 0.825. The Hall–Kier alpha value is -2.41. The molecule has 1 heterocycles. The predicted octanol–water partition coefficient (Wildman–Crippen LogP) is 2.44. The minimum Gasteiger partial charge on any atom is -0.481 e. The van der Waals surface area contributed by atoms with Crippen LogP contribution in [0.3, 0.4) is 0 Å². The maximum Gasteiger partial charge on any atom is 0.310 e. The zero-order valence-corrected chi connectivity index (χ0v) is 15.6. The van der Waals surface area contributed by atoms with Crippen molar-refractivity contribution in [1.29, 1.82) is 0 Å². The van der Waals surface area contributed by atoms with Gasteiger partial charge < -0.3 is 20.1 Å². The van der Waals surface area contributed by atoms with Crippen molar-refractivity contribution >= 4 is 23.5 Å². The lowest BCUT2D eigenvalue weighted by atomic mass is 9.82. The van der Waals surface area contributed by atoms with E-state index in [1.807, 2.05) is 0 Å². The van der Waals surface area contributed by atoms with Crippen LogP contribution in [-0.2, 0) is 14.3 Å². The SMILES string of the molecule is Cc1c(NC(=O)CC2(C(=O)O)CCCC2)cccc1C(=O)N1CCOCC1. The van der Waals surface area contributed by atoms with Gasteiger partial charge in [-0.15, -0.1) is 0 Å². The summed E-state index contributed by atoms with van der Waals surface area (Å²) in [6, 6.07) is 5.22. The van der Waals surface area contributed by atoms with E-state index in [-0.39, 0.29) is 18.2 Å². The van der Waals surface area contributed by atoms with Crippen LogP contribution in [0, 0.1) is 12.3 Å². The molecule has 1 aromatic carbocycles. The van der Waals surface area contributed by atoms with Gasteiger partial charge in [-0.3, -0.25) is 14.4 Å². The topological polar surface area (TPSA) is 95.9 Å². The Balaban J connectivity index is 1.72. The summed E-state index contributed by atoms with van der Waals surface area (Å²) in [6.07, 6.45) is 2.70. The molecule has 27 heavy (non-hydrogen) atoms. The van der Waals surface area contributed by atoms with Gasteiger partial charge in [0.05, 0.1) is 18.6 Å². The highest BCUT2D eigenvalue weighted by Crippen LogP contribution is 2.41. The fourth-order valence-corrected chi connectivity index (χ4v) is 3.96. The molecule has 2 aliphatic rings. The Morgan fingerprint density at radius 1 is 1.19 bits per heavy atom. The van der Waals surface area contributed by atoms with Gasteiger partial charge in [0, 0.05) is 30.8 Å². The van der Waals surface area contributed by atoms with Crippen molar-refractivity contribution in [3.8, 4) is 0 Å². The number of benzene rings is 1. The van der Waals surface area contributed by atoms with E-state index < -0.39 is 11.4 Å². The van der Waals surface area contributed by atoms with E-state index in [0.29, 0.717) is 56.0 Å². The number of amides is 2. The second kappa shape index (κ2) is 8.08. The lowest BCUT2D eigenvalue weighted by molar-refractivity contribution is -0.150. The van der Waals surface area contributed by atoms with E-state index in [0.717, 1.165) is 12.8 Å².